The Bertz CT molecular complexity index is 257. The summed E-state index contributed by atoms with van der Waals surface area (Å²) in [4.78, 5) is 0. The molecule has 1 aromatic heterocycles. The zero-order valence-corrected chi connectivity index (χ0v) is 8.91. The van der Waals surface area contributed by atoms with Crippen LogP contribution in [0.1, 0.15) is 19.6 Å². The molecule has 14 heavy (non-hydrogen) atoms. The van der Waals surface area contributed by atoms with E-state index in [1.165, 1.54) is 0 Å². The topological polar surface area (TPSA) is 60.4 Å². The molecule has 1 aromatic rings. The molecule has 4 nitrogen and oxygen atoms in total. The van der Waals surface area contributed by atoms with Crippen LogP contribution < -0.4 is 11.3 Å². The highest BCUT2D eigenvalue weighted by Crippen LogP contribution is 2.17. The van der Waals surface area contributed by atoms with Crippen LogP contribution in [0, 0.1) is 0 Å². The molecule has 0 aliphatic rings. The fourth-order valence-electron chi connectivity index (χ4n) is 1.28. The van der Waals surface area contributed by atoms with E-state index in [-0.39, 0.29) is 11.6 Å². The molecule has 0 aromatic carbocycles. The molecule has 1 heterocycles. The first-order chi connectivity index (χ1) is 6.60. The van der Waals surface area contributed by atoms with Gasteiger partial charge in [-0.3, -0.25) is 11.3 Å². The van der Waals surface area contributed by atoms with E-state index in [2.05, 4.69) is 5.43 Å². The van der Waals surface area contributed by atoms with Crippen molar-refractivity contribution in [2.24, 2.45) is 5.84 Å². The average molecular weight is 198 g/mol. The lowest BCUT2D eigenvalue weighted by atomic mass is 9.95. The van der Waals surface area contributed by atoms with Crippen molar-refractivity contribution in [3.05, 3.63) is 24.2 Å². The number of ether oxygens (including phenoxy) is 1. The molecular weight excluding hydrogens is 180 g/mol. The summed E-state index contributed by atoms with van der Waals surface area (Å²) in [7, 11) is 1.67. The third-order valence-corrected chi connectivity index (χ3v) is 2.55. The molecule has 0 amide bonds. The maximum absolute atomic E-state index is 5.48. The standard InChI is InChI=1S/C10H18N2O2/c1-10(2,13-3)9(12-11)7-8-5-4-6-14-8/h4-6,9,12H,7,11H2,1-3H3. The quantitative estimate of drug-likeness (QED) is 0.549. The molecule has 0 bridgehead atoms. The fourth-order valence-corrected chi connectivity index (χ4v) is 1.28. The number of hydrogen-bond donors (Lipinski definition) is 2. The Balaban J connectivity index is 2.64. The van der Waals surface area contributed by atoms with Crippen LogP contribution in [-0.2, 0) is 11.2 Å². The summed E-state index contributed by atoms with van der Waals surface area (Å²) in [6.07, 6.45) is 2.37. The maximum Gasteiger partial charge on any atom is 0.105 e. The number of hydrazine groups is 1. The van der Waals surface area contributed by atoms with Crippen LogP contribution in [0.25, 0.3) is 0 Å². The lowest BCUT2D eigenvalue weighted by Crippen LogP contribution is -2.52. The summed E-state index contributed by atoms with van der Waals surface area (Å²) in [5.41, 5.74) is 2.43. The lowest BCUT2D eigenvalue weighted by Gasteiger charge is -2.31. The highest BCUT2D eigenvalue weighted by Gasteiger charge is 2.29. The fraction of sp³-hybridized carbons (Fsp3) is 0.600. The van der Waals surface area contributed by atoms with Crippen LogP contribution in [0.3, 0.4) is 0 Å². The minimum absolute atomic E-state index is 0.0265. The smallest absolute Gasteiger partial charge is 0.105 e. The van der Waals surface area contributed by atoms with Gasteiger partial charge >= 0.3 is 0 Å². The van der Waals surface area contributed by atoms with Gasteiger partial charge in [-0.1, -0.05) is 0 Å². The Kier molecular flexibility index (Phi) is 3.69. The van der Waals surface area contributed by atoms with Crippen LogP contribution >= 0.6 is 0 Å². The van der Waals surface area contributed by atoms with E-state index in [1.807, 2.05) is 26.0 Å². The van der Waals surface area contributed by atoms with E-state index in [9.17, 15) is 0 Å². The molecule has 0 saturated heterocycles. The van der Waals surface area contributed by atoms with Crippen molar-refractivity contribution in [1.82, 2.24) is 5.43 Å². The second-order valence-corrected chi connectivity index (χ2v) is 3.81. The summed E-state index contributed by atoms with van der Waals surface area (Å²) in [6, 6.07) is 3.82. The summed E-state index contributed by atoms with van der Waals surface area (Å²) < 4.78 is 10.6. The number of nitrogens with two attached hydrogens (primary N) is 1. The molecule has 1 unspecified atom stereocenters. The van der Waals surface area contributed by atoms with E-state index in [0.29, 0.717) is 6.42 Å². The van der Waals surface area contributed by atoms with Crippen molar-refractivity contribution in [3.63, 3.8) is 0 Å². The van der Waals surface area contributed by atoms with Crippen molar-refractivity contribution in [2.45, 2.75) is 31.9 Å². The molecule has 0 fully saturated rings. The van der Waals surface area contributed by atoms with E-state index < -0.39 is 0 Å². The summed E-state index contributed by atoms with van der Waals surface area (Å²) in [6.45, 7) is 3.97. The molecule has 3 N–H and O–H groups in total. The zero-order chi connectivity index (χ0) is 10.6. The zero-order valence-electron chi connectivity index (χ0n) is 8.91. The Morgan fingerprint density at radius 3 is 2.79 bits per heavy atom. The molecule has 4 heteroatoms. The van der Waals surface area contributed by atoms with Gasteiger partial charge in [0.2, 0.25) is 0 Å². The number of nitrogens with one attached hydrogen (secondary N) is 1. The third kappa shape index (κ3) is 2.57. The van der Waals surface area contributed by atoms with Crippen LogP contribution in [0.15, 0.2) is 22.8 Å². The van der Waals surface area contributed by atoms with E-state index >= 15 is 0 Å². The molecule has 1 atom stereocenters. The molecule has 1 rings (SSSR count). The minimum Gasteiger partial charge on any atom is -0.469 e. The van der Waals surface area contributed by atoms with Crippen LogP contribution in [0.4, 0.5) is 0 Å². The Morgan fingerprint density at radius 2 is 2.36 bits per heavy atom. The number of methoxy groups -OCH3 is 1. The van der Waals surface area contributed by atoms with Gasteiger partial charge in [0.15, 0.2) is 0 Å². The summed E-state index contributed by atoms with van der Waals surface area (Å²) in [5.74, 6) is 6.38. The van der Waals surface area contributed by atoms with Gasteiger partial charge in [0.25, 0.3) is 0 Å². The predicted octanol–water partition coefficient (Wildman–Crippen LogP) is 1.08. The number of hydrogen-bond acceptors (Lipinski definition) is 4. The van der Waals surface area contributed by atoms with Gasteiger partial charge in [-0.15, -0.1) is 0 Å². The molecule has 0 aliphatic heterocycles. The molecule has 0 aliphatic carbocycles. The van der Waals surface area contributed by atoms with Gasteiger partial charge in [-0.2, -0.15) is 0 Å². The summed E-state index contributed by atoms with van der Waals surface area (Å²) in [5, 5.41) is 0. The van der Waals surface area contributed by atoms with Gasteiger partial charge in [0.1, 0.15) is 5.76 Å². The summed E-state index contributed by atoms with van der Waals surface area (Å²) >= 11 is 0. The average Bonchev–Trinajstić information content (AvgIpc) is 2.66. The third-order valence-electron chi connectivity index (χ3n) is 2.55. The molecular formula is C10H18N2O2. The van der Waals surface area contributed by atoms with E-state index in [1.54, 1.807) is 13.4 Å². The van der Waals surface area contributed by atoms with Crippen molar-refractivity contribution < 1.29 is 9.15 Å². The van der Waals surface area contributed by atoms with Crippen LogP contribution in [0.2, 0.25) is 0 Å². The number of furan rings is 1. The van der Waals surface area contributed by atoms with E-state index in [4.69, 9.17) is 15.0 Å². The first-order valence-electron chi connectivity index (χ1n) is 4.64. The maximum atomic E-state index is 5.48. The normalized spacial score (nSPS) is 14.3. The number of rotatable bonds is 5. The molecule has 80 valence electrons. The highest BCUT2D eigenvalue weighted by molar-refractivity contribution is 5.03. The SMILES string of the molecule is COC(C)(C)C(Cc1ccco1)NN. The first-order valence-corrected chi connectivity index (χ1v) is 4.64. The Hall–Kier alpha value is -0.840. The van der Waals surface area contributed by atoms with Crippen molar-refractivity contribution in [3.8, 4) is 0 Å². The van der Waals surface area contributed by atoms with Crippen molar-refractivity contribution in [1.29, 1.82) is 0 Å². The Morgan fingerprint density at radius 1 is 1.64 bits per heavy atom. The molecule has 0 saturated carbocycles. The van der Waals surface area contributed by atoms with Gasteiger partial charge in [0, 0.05) is 13.5 Å². The van der Waals surface area contributed by atoms with E-state index in [0.717, 1.165) is 5.76 Å². The van der Waals surface area contributed by atoms with Crippen molar-refractivity contribution >= 4 is 0 Å². The predicted molar refractivity (Wildman–Crippen MR) is 54.6 cm³/mol. The second-order valence-electron chi connectivity index (χ2n) is 3.81. The van der Waals surface area contributed by atoms with Gasteiger partial charge in [-0.25, -0.2) is 0 Å². The largest absolute Gasteiger partial charge is 0.469 e. The van der Waals surface area contributed by atoms with Crippen molar-refractivity contribution in [2.75, 3.05) is 7.11 Å². The lowest BCUT2D eigenvalue weighted by molar-refractivity contribution is -0.0113. The monoisotopic (exact) mass is 198 g/mol. The highest BCUT2D eigenvalue weighted by atomic mass is 16.5. The van der Waals surface area contributed by atoms with Gasteiger partial charge in [0.05, 0.1) is 17.9 Å². The molecule has 0 radical (unpaired) electrons. The van der Waals surface area contributed by atoms with Crippen LogP contribution in [-0.4, -0.2) is 18.8 Å². The van der Waals surface area contributed by atoms with Gasteiger partial charge < -0.3 is 9.15 Å². The van der Waals surface area contributed by atoms with Crippen LogP contribution in [0.5, 0.6) is 0 Å². The van der Waals surface area contributed by atoms with Gasteiger partial charge in [-0.05, 0) is 26.0 Å². The minimum atomic E-state index is -0.318. The Labute approximate surface area is 84.4 Å². The molecule has 0 spiro atoms. The second kappa shape index (κ2) is 4.59. The first kappa shape index (κ1) is 11.2.